The standard InChI is InChI=1S/C31H37ClN2O5/c1-5-6-13-28(34-19-21(4)14-24(31(34)38)15-22-9-7-11-25(32)16-22)30(37)33-27(18-29(35)36)23-10-8-12-26(17-23)39-20(2)3/h7-12,14,16-17,19-20,27-28H,5-6,13,15,18H2,1-4H3,(H,33,37)(H,35,36)/t27-,28?/m1/s1. The lowest BCUT2D eigenvalue weighted by Gasteiger charge is -2.25. The van der Waals surface area contributed by atoms with E-state index in [0.717, 1.165) is 24.0 Å². The van der Waals surface area contributed by atoms with Crippen LogP contribution in [0.2, 0.25) is 5.02 Å². The second kappa shape index (κ2) is 14.0. The maximum Gasteiger partial charge on any atom is 0.305 e. The molecule has 2 N–H and O–H groups in total. The Morgan fingerprint density at radius 2 is 1.85 bits per heavy atom. The van der Waals surface area contributed by atoms with Crippen molar-refractivity contribution >= 4 is 23.5 Å². The maximum absolute atomic E-state index is 13.7. The summed E-state index contributed by atoms with van der Waals surface area (Å²) in [6, 6.07) is 14.7. The number of aromatic nitrogens is 1. The molecule has 39 heavy (non-hydrogen) atoms. The lowest BCUT2D eigenvalue weighted by atomic mass is 10.0. The van der Waals surface area contributed by atoms with Crippen molar-refractivity contribution in [3.63, 3.8) is 0 Å². The Kier molecular flexibility index (Phi) is 10.8. The van der Waals surface area contributed by atoms with Crippen LogP contribution in [-0.4, -0.2) is 27.7 Å². The van der Waals surface area contributed by atoms with E-state index < -0.39 is 24.0 Å². The van der Waals surface area contributed by atoms with Crippen molar-refractivity contribution in [3.05, 3.63) is 98.4 Å². The number of nitrogens with zero attached hydrogens (tertiary/aromatic N) is 1. The van der Waals surface area contributed by atoms with E-state index >= 15 is 0 Å². The molecule has 2 atom stereocenters. The second-order valence-electron chi connectivity index (χ2n) is 10.1. The minimum absolute atomic E-state index is 0.0551. The number of halogens is 1. The molecule has 0 aliphatic rings. The fourth-order valence-corrected chi connectivity index (χ4v) is 4.82. The van der Waals surface area contributed by atoms with E-state index in [1.165, 1.54) is 4.57 Å². The van der Waals surface area contributed by atoms with Crippen molar-refractivity contribution in [2.24, 2.45) is 0 Å². The van der Waals surface area contributed by atoms with E-state index in [0.29, 0.717) is 34.7 Å². The molecular weight excluding hydrogens is 516 g/mol. The van der Waals surface area contributed by atoms with Gasteiger partial charge in [-0.25, -0.2) is 0 Å². The monoisotopic (exact) mass is 552 g/mol. The van der Waals surface area contributed by atoms with Gasteiger partial charge in [-0.05, 0) is 74.2 Å². The molecule has 0 saturated carbocycles. The number of aliphatic carboxylic acids is 1. The molecule has 1 unspecified atom stereocenters. The quantitative estimate of drug-likeness (QED) is 0.261. The number of carbonyl (C=O) groups excluding carboxylic acids is 1. The lowest BCUT2D eigenvalue weighted by Crippen LogP contribution is -2.40. The molecule has 0 saturated heterocycles. The van der Waals surface area contributed by atoms with Crippen LogP contribution in [0.15, 0.2) is 65.6 Å². The normalized spacial score (nSPS) is 12.7. The van der Waals surface area contributed by atoms with E-state index in [2.05, 4.69) is 5.32 Å². The van der Waals surface area contributed by atoms with Gasteiger partial charge in [-0.15, -0.1) is 0 Å². The van der Waals surface area contributed by atoms with Gasteiger partial charge in [-0.3, -0.25) is 14.4 Å². The van der Waals surface area contributed by atoms with E-state index in [1.807, 2.05) is 52.0 Å². The molecular formula is C31H37ClN2O5. The summed E-state index contributed by atoms with van der Waals surface area (Å²) < 4.78 is 7.27. The number of hydrogen-bond donors (Lipinski definition) is 2. The number of pyridine rings is 1. The topological polar surface area (TPSA) is 97.6 Å². The van der Waals surface area contributed by atoms with Gasteiger partial charge in [0, 0.05) is 23.2 Å². The Bertz CT molecular complexity index is 1350. The maximum atomic E-state index is 13.7. The summed E-state index contributed by atoms with van der Waals surface area (Å²) in [6.07, 6.45) is 3.73. The summed E-state index contributed by atoms with van der Waals surface area (Å²) in [7, 11) is 0. The van der Waals surface area contributed by atoms with Gasteiger partial charge in [0.25, 0.3) is 5.56 Å². The number of hydrogen-bond acceptors (Lipinski definition) is 4. The predicted octanol–water partition coefficient (Wildman–Crippen LogP) is 6.25. The summed E-state index contributed by atoms with van der Waals surface area (Å²) in [5, 5.41) is 13.1. The van der Waals surface area contributed by atoms with Crippen LogP contribution in [0.5, 0.6) is 5.75 Å². The zero-order valence-corrected chi connectivity index (χ0v) is 23.7. The fourth-order valence-electron chi connectivity index (χ4n) is 4.61. The number of carbonyl (C=O) groups is 2. The number of aryl methyl sites for hydroxylation is 1. The van der Waals surface area contributed by atoms with Gasteiger partial charge in [0.2, 0.25) is 5.91 Å². The number of carboxylic acids is 1. The smallest absolute Gasteiger partial charge is 0.305 e. The molecule has 1 heterocycles. The first-order chi connectivity index (χ1) is 18.6. The number of unbranched alkanes of at least 4 members (excludes halogenated alkanes) is 1. The van der Waals surface area contributed by atoms with Crippen LogP contribution < -0.4 is 15.6 Å². The van der Waals surface area contributed by atoms with E-state index in [1.54, 1.807) is 36.5 Å². The largest absolute Gasteiger partial charge is 0.491 e. The highest BCUT2D eigenvalue weighted by Crippen LogP contribution is 2.25. The van der Waals surface area contributed by atoms with Gasteiger partial charge in [0.05, 0.1) is 18.6 Å². The molecule has 1 aromatic heterocycles. The second-order valence-corrected chi connectivity index (χ2v) is 10.6. The van der Waals surface area contributed by atoms with Crippen molar-refractivity contribution in [3.8, 4) is 5.75 Å². The molecule has 0 spiro atoms. The molecule has 0 radical (unpaired) electrons. The molecule has 1 amide bonds. The summed E-state index contributed by atoms with van der Waals surface area (Å²) in [5.74, 6) is -0.848. The van der Waals surface area contributed by atoms with Crippen LogP contribution in [0.25, 0.3) is 0 Å². The Morgan fingerprint density at radius 3 is 2.51 bits per heavy atom. The van der Waals surface area contributed by atoms with Crippen LogP contribution in [0.3, 0.4) is 0 Å². The summed E-state index contributed by atoms with van der Waals surface area (Å²) >= 11 is 6.15. The van der Waals surface area contributed by atoms with Crippen molar-refractivity contribution in [1.29, 1.82) is 0 Å². The molecule has 0 fully saturated rings. The van der Waals surface area contributed by atoms with Gasteiger partial charge in [-0.1, -0.05) is 55.6 Å². The number of rotatable bonds is 13. The summed E-state index contributed by atoms with van der Waals surface area (Å²) in [4.78, 5) is 39.1. The number of benzene rings is 2. The van der Waals surface area contributed by atoms with Crippen molar-refractivity contribution in [1.82, 2.24) is 9.88 Å². The van der Waals surface area contributed by atoms with Crippen LogP contribution in [0.1, 0.15) is 80.8 Å². The highest BCUT2D eigenvalue weighted by Gasteiger charge is 2.27. The molecule has 2 aromatic carbocycles. The summed E-state index contributed by atoms with van der Waals surface area (Å²) in [5.41, 5.74) is 2.68. The van der Waals surface area contributed by atoms with Crippen molar-refractivity contribution in [2.75, 3.05) is 0 Å². The van der Waals surface area contributed by atoms with Crippen molar-refractivity contribution in [2.45, 2.75) is 78.0 Å². The summed E-state index contributed by atoms with van der Waals surface area (Å²) in [6.45, 7) is 7.72. The highest BCUT2D eigenvalue weighted by atomic mass is 35.5. The molecule has 0 aliphatic heterocycles. The molecule has 8 heteroatoms. The third-order valence-corrected chi connectivity index (χ3v) is 6.57. The third kappa shape index (κ3) is 8.72. The molecule has 0 bridgehead atoms. The minimum Gasteiger partial charge on any atom is -0.491 e. The van der Waals surface area contributed by atoms with E-state index in [-0.39, 0.29) is 18.1 Å². The Hall–Kier alpha value is -3.58. The van der Waals surface area contributed by atoms with E-state index in [9.17, 15) is 19.5 Å². The number of ether oxygens (including phenoxy) is 1. The average molecular weight is 553 g/mol. The number of nitrogens with one attached hydrogen (secondary N) is 1. The molecule has 3 aromatic rings. The molecule has 7 nitrogen and oxygen atoms in total. The number of carboxylic acid groups (broad SMARTS) is 1. The Labute approximate surface area is 234 Å². The Balaban J connectivity index is 1.96. The van der Waals surface area contributed by atoms with Crippen LogP contribution >= 0.6 is 11.6 Å². The predicted molar refractivity (Wildman–Crippen MR) is 154 cm³/mol. The molecule has 3 rings (SSSR count). The van der Waals surface area contributed by atoms with Gasteiger partial charge in [-0.2, -0.15) is 0 Å². The zero-order chi connectivity index (χ0) is 28.5. The van der Waals surface area contributed by atoms with Gasteiger partial charge in [0.15, 0.2) is 0 Å². The van der Waals surface area contributed by atoms with Gasteiger partial charge < -0.3 is 19.7 Å². The third-order valence-electron chi connectivity index (χ3n) is 6.33. The highest BCUT2D eigenvalue weighted by molar-refractivity contribution is 6.30. The fraction of sp³-hybridized carbons (Fsp3) is 0.387. The average Bonchev–Trinajstić information content (AvgIpc) is 2.86. The number of amides is 1. The molecule has 0 aliphatic carbocycles. The first-order valence-corrected chi connectivity index (χ1v) is 13.7. The SMILES string of the molecule is CCCCC(C(=O)N[C@H](CC(=O)O)c1cccc(OC(C)C)c1)n1cc(C)cc(Cc2cccc(Cl)c2)c1=O. The van der Waals surface area contributed by atoms with Gasteiger partial charge in [0.1, 0.15) is 11.8 Å². The van der Waals surface area contributed by atoms with E-state index in [4.69, 9.17) is 16.3 Å². The minimum atomic E-state index is -1.04. The lowest BCUT2D eigenvalue weighted by molar-refractivity contribution is -0.138. The van der Waals surface area contributed by atoms with Crippen LogP contribution in [0, 0.1) is 6.92 Å². The Morgan fingerprint density at radius 1 is 1.10 bits per heavy atom. The van der Waals surface area contributed by atoms with Crippen LogP contribution in [-0.2, 0) is 16.0 Å². The van der Waals surface area contributed by atoms with Crippen molar-refractivity contribution < 1.29 is 19.4 Å². The van der Waals surface area contributed by atoms with Crippen LogP contribution in [0.4, 0.5) is 0 Å². The first kappa shape index (κ1) is 30.0. The zero-order valence-electron chi connectivity index (χ0n) is 22.9. The first-order valence-electron chi connectivity index (χ1n) is 13.3. The van der Waals surface area contributed by atoms with Gasteiger partial charge >= 0.3 is 5.97 Å². The molecule has 208 valence electrons.